The van der Waals surface area contributed by atoms with Gasteiger partial charge in [-0.05, 0) is 47.9 Å². The number of carbonyl (C=O) groups excluding carboxylic acids is 1. The molecule has 1 saturated heterocycles. The van der Waals surface area contributed by atoms with Gasteiger partial charge < -0.3 is 10.1 Å². The molecule has 0 bridgehead atoms. The van der Waals surface area contributed by atoms with Crippen molar-refractivity contribution in [2.45, 2.75) is 22.8 Å². The molecular weight excluding hydrogens is 597 g/mol. The van der Waals surface area contributed by atoms with Crippen LogP contribution in [0.3, 0.4) is 0 Å². The van der Waals surface area contributed by atoms with Crippen molar-refractivity contribution in [1.82, 2.24) is 13.9 Å². The first-order valence-electron chi connectivity index (χ1n) is 12.5. The van der Waals surface area contributed by atoms with Crippen LogP contribution in [-0.4, -0.2) is 70.7 Å². The highest BCUT2D eigenvalue weighted by Crippen LogP contribution is 2.28. The highest BCUT2D eigenvalue weighted by atomic mass is 35.5. The summed E-state index contributed by atoms with van der Waals surface area (Å²) in [4.78, 5) is 12.9. The third-order valence-electron chi connectivity index (χ3n) is 6.34. The standard InChI is InChI=1S/C27H29Cl2N3O6S2/c28-23-8-11-25(29)26(18-23)40(36,37)32(13-12-21-4-2-1-3-5-21)20-27(33)30-19-22-6-9-24(10-7-22)39(34,35)31-14-16-38-17-15-31/h1-11,18H,12-17,19-20H2,(H,30,33). The number of ether oxygens (including phenoxy) is 1. The first-order valence-corrected chi connectivity index (χ1v) is 16.1. The second-order valence-electron chi connectivity index (χ2n) is 9.09. The molecule has 9 nitrogen and oxygen atoms in total. The van der Waals surface area contributed by atoms with E-state index >= 15 is 0 Å². The van der Waals surface area contributed by atoms with E-state index in [0.717, 1.165) is 9.87 Å². The van der Waals surface area contributed by atoms with Crippen LogP contribution < -0.4 is 5.32 Å². The number of sulfonamides is 2. The molecule has 1 aliphatic rings. The lowest BCUT2D eigenvalue weighted by Crippen LogP contribution is -2.41. The molecule has 4 rings (SSSR count). The van der Waals surface area contributed by atoms with Crippen molar-refractivity contribution in [3.63, 3.8) is 0 Å². The maximum Gasteiger partial charge on any atom is 0.245 e. The van der Waals surface area contributed by atoms with Crippen molar-refractivity contribution in [3.05, 3.63) is 94.0 Å². The van der Waals surface area contributed by atoms with Crippen LogP contribution in [0, 0.1) is 0 Å². The number of amides is 1. The third-order valence-corrected chi connectivity index (χ3v) is 10.8. The summed E-state index contributed by atoms with van der Waals surface area (Å²) in [6, 6.07) is 19.7. The SMILES string of the molecule is O=C(CN(CCc1ccccc1)S(=O)(=O)c1cc(Cl)ccc1Cl)NCc1ccc(S(=O)(=O)N2CCOCC2)cc1. The molecule has 0 aliphatic carbocycles. The molecule has 0 atom stereocenters. The number of morpholine rings is 1. The predicted octanol–water partition coefficient (Wildman–Crippen LogP) is 3.56. The summed E-state index contributed by atoms with van der Waals surface area (Å²) in [7, 11) is -7.79. The van der Waals surface area contributed by atoms with Gasteiger partial charge in [-0.2, -0.15) is 8.61 Å². The number of nitrogens with zero attached hydrogens (tertiary/aromatic N) is 2. The first kappa shape index (κ1) is 30.4. The molecule has 0 aromatic heterocycles. The van der Waals surface area contributed by atoms with Crippen molar-refractivity contribution < 1.29 is 26.4 Å². The molecular formula is C27H29Cl2N3O6S2. The Balaban J connectivity index is 1.44. The Bertz CT molecular complexity index is 1530. The van der Waals surface area contributed by atoms with Crippen molar-refractivity contribution in [2.75, 3.05) is 39.4 Å². The number of nitrogens with one attached hydrogen (secondary N) is 1. The number of hydrogen-bond acceptors (Lipinski definition) is 6. The Labute approximate surface area is 244 Å². The van der Waals surface area contributed by atoms with Crippen LogP contribution in [0.1, 0.15) is 11.1 Å². The molecule has 0 unspecified atom stereocenters. The highest BCUT2D eigenvalue weighted by molar-refractivity contribution is 7.89. The van der Waals surface area contributed by atoms with E-state index < -0.39 is 32.5 Å². The summed E-state index contributed by atoms with van der Waals surface area (Å²) in [6.45, 7) is 0.976. The van der Waals surface area contributed by atoms with Gasteiger partial charge in [0.2, 0.25) is 26.0 Å². The number of carbonyl (C=O) groups is 1. The summed E-state index contributed by atoms with van der Waals surface area (Å²) >= 11 is 12.2. The molecule has 1 amide bonds. The molecule has 0 saturated carbocycles. The Morgan fingerprint density at radius 2 is 1.57 bits per heavy atom. The molecule has 3 aromatic carbocycles. The third kappa shape index (κ3) is 7.61. The molecule has 3 aromatic rings. The lowest BCUT2D eigenvalue weighted by Gasteiger charge is -2.26. The smallest absolute Gasteiger partial charge is 0.245 e. The fraction of sp³-hybridized carbons (Fsp3) is 0.296. The lowest BCUT2D eigenvalue weighted by molar-refractivity contribution is -0.121. The van der Waals surface area contributed by atoms with Crippen molar-refractivity contribution in [2.24, 2.45) is 0 Å². The summed E-state index contributed by atoms with van der Waals surface area (Å²) in [5.41, 5.74) is 1.57. The number of hydrogen-bond donors (Lipinski definition) is 1. The molecule has 40 heavy (non-hydrogen) atoms. The van der Waals surface area contributed by atoms with E-state index in [2.05, 4.69) is 5.32 Å². The fourth-order valence-corrected chi connectivity index (χ4v) is 7.67. The minimum atomic E-state index is -4.16. The van der Waals surface area contributed by atoms with Gasteiger partial charge in [-0.25, -0.2) is 16.8 Å². The molecule has 1 N–H and O–H groups in total. The van der Waals surface area contributed by atoms with E-state index in [9.17, 15) is 21.6 Å². The van der Waals surface area contributed by atoms with Crippen molar-refractivity contribution >= 4 is 49.2 Å². The second kappa shape index (κ2) is 13.4. The minimum Gasteiger partial charge on any atom is -0.379 e. The van der Waals surface area contributed by atoms with Crippen LogP contribution in [0.5, 0.6) is 0 Å². The van der Waals surface area contributed by atoms with Gasteiger partial charge in [0.1, 0.15) is 4.90 Å². The fourth-order valence-electron chi connectivity index (χ4n) is 4.13. The van der Waals surface area contributed by atoms with Gasteiger partial charge >= 0.3 is 0 Å². The van der Waals surface area contributed by atoms with E-state index in [1.807, 2.05) is 30.3 Å². The Morgan fingerprint density at radius 1 is 0.900 bits per heavy atom. The zero-order valence-corrected chi connectivity index (χ0v) is 24.6. The highest BCUT2D eigenvalue weighted by Gasteiger charge is 2.29. The van der Waals surface area contributed by atoms with Crippen molar-refractivity contribution in [3.8, 4) is 0 Å². The van der Waals surface area contributed by atoms with Gasteiger partial charge in [-0.1, -0.05) is 65.7 Å². The van der Waals surface area contributed by atoms with E-state index in [-0.39, 0.29) is 32.9 Å². The van der Waals surface area contributed by atoms with Gasteiger partial charge in [0.05, 0.1) is 29.7 Å². The van der Waals surface area contributed by atoms with Gasteiger partial charge in [-0.3, -0.25) is 4.79 Å². The van der Waals surface area contributed by atoms with Gasteiger partial charge in [0.25, 0.3) is 0 Å². The average molecular weight is 627 g/mol. The maximum atomic E-state index is 13.5. The normalized spacial score (nSPS) is 14.8. The average Bonchev–Trinajstić information content (AvgIpc) is 2.96. The Kier molecular flexibility index (Phi) is 10.2. The molecule has 0 radical (unpaired) electrons. The number of benzene rings is 3. The van der Waals surface area contributed by atoms with Crippen LogP contribution in [0.15, 0.2) is 82.6 Å². The van der Waals surface area contributed by atoms with Crippen LogP contribution in [0.2, 0.25) is 10.0 Å². The Hall–Kier alpha value is -2.51. The molecule has 13 heteroatoms. The zero-order valence-electron chi connectivity index (χ0n) is 21.5. The number of halogens is 2. The van der Waals surface area contributed by atoms with Gasteiger partial charge in [-0.15, -0.1) is 0 Å². The quantitative estimate of drug-likeness (QED) is 0.349. The molecule has 1 heterocycles. The van der Waals surface area contributed by atoms with Gasteiger partial charge in [0, 0.05) is 31.2 Å². The summed E-state index contributed by atoms with van der Waals surface area (Å²) in [5, 5.41) is 2.92. The van der Waals surface area contributed by atoms with Crippen LogP contribution in [0.4, 0.5) is 0 Å². The maximum absolute atomic E-state index is 13.5. The topological polar surface area (TPSA) is 113 Å². The van der Waals surface area contributed by atoms with Crippen LogP contribution in [-0.2, 0) is 42.5 Å². The minimum absolute atomic E-state index is 0.00152. The largest absolute Gasteiger partial charge is 0.379 e. The molecule has 214 valence electrons. The van der Waals surface area contributed by atoms with Crippen LogP contribution >= 0.6 is 23.2 Å². The molecule has 0 spiro atoms. The zero-order chi connectivity index (χ0) is 28.8. The first-order chi connectivity index (χ1) is 19.1. The van der Waals surface area contributed by atoms with E-state index in [1.54, 1.807) is 12.1 Å². The van der Waals surface area contributed by atoms with Crippen molar-refractivity contribution in [1.29, 1.82) is 0 Å². The number of rotatable bonds is 11. The monoisotopic (exact) mass is 625 g/mol. The summed E-state index contributed by atoms with van der Waals surface area (Å²) in [5.74, 6) is -0.528. The van der Waals surface area contributed by atoms with E-state index in [1.165, 1.54) is 34.6 Å². The van der Waals surface area contributed by atoms with E-state index in [4.69, 9.17) is 27.9 Å². The lowest BCUT2D eigenvalue weighted by atomic mass is 10.1. The second-order valence-corrected chi connectivity index (χ2v) is 13.8. The Morgan fingerprint density at radius 3 is 2.25 bits per heavy atom. The molecule has 1 aliphatic heterocycles. The van der Waals surface area contributed by atoms with Gasteiger partial charge in [0.15, 0.2) is 0 Å². The van der Waals surface area contributed by atoms with Crippen LogP contribution in [0.25, 0.3) is 0 Å². The summed E-state index contributed by atoms with van der Waals surface area (Å²) in [6.07, 6.45) is 0.380. The predicted molar refractivity (Wildman–Crippen MR) is 153 cm³/mol. The summed E-state index contributed by atoms with van der Waals surface area (Å²) < 4.78 is 60.4. The van der Waals surface area contributed by atoms with E-state index in [0.29, 0.717) is 38.3 Å². The molecule has 1 fully saturated rings.